The Morgan fingerprint density at radius 2 is 1.15 bits per heavy atom. The van der Waals surface area contributed by atoms with Gasteiger partial charge >= 0.3 is 206 Å². The minimum absolute atomic E-state index is 0.565. The molecular formula is C32H45Zr. The van der Waals surface area contributed by atoms with Gasteiger partial charge in [-0.15, -0.1) is 0 Å². The van der Waals surface area contributed by atoms with Gasteiger partial charge in [-0.3, -0.25) is 0 Å². The minimum atomic E-state index is -3.49. The van der Waals surface area contributed by atoms with Gasteiger partial charge in [0.2, 0.25) is 0 Å². The van der Waals surface area contributed by atoms with Crippen LogP contribution in [0.4, 0.5) is 0 Å². The maximum atomic E-state index is 2.83. The number of benzene rings is 2. The number of rotatable bonds is 7. The van der Waals surface area contributed by atoms with Crippen LogP contribution in [0.15, 0.2) is 47.5 Å². The van der Waals surface area contributed by atoms with Crippen LogP contribution >= 0.6 is 0 Å². The second-order valence-electron chi connectivity index (χ2n) is 12.7. The van der Waals surface area contributed by atoms with Gasteiger partial charge in [0.25, 0.3) is 0 Å². The van der Waals surface area contributed by atoms with E-state index >= 15 is 0 Å². The van der Waals surface area contributed by atoms with Crippen LogP contribution in [0.3, 0.4) is 0 Å². The van der Waals surface area contributed by atoms with E-state index in [4.69, 9.17) is 0 Å². The first-order chi connectivity index (χ1) is 15.5. The third-order valence-corrected chi connectivity index (χ3v) is 26.9. The number of hydrogen-bond donors (Lipinski definition) is 0. The van der Waals surface area contributed by atoms with Crippen molar-refractivity contribution in [1.82, 2.24) is 0 Å². The van der Waals surface area contributed by atoms with Gasteiger partial charge in [0.1, 0.15) is 0 Å². The van der Waals surface area contributed by atoms with E-state index in [2.05, 4.69) is 106 Å². The summed E-state index contributed by atoms with van der Waals surface area (Å²) in [5.74, 6) is 1.13. The molecule has 0 fully saturated rings. The number of allylic oxidation sites excluding steroid dienone is 2. The van der Waals surface area contributed by atoms with Crippen molar-refractivity contribution in [3.63, 3.8) is 0 Å². The molecule has 2 unspecified atom stereocenters. The van der Waals surface area contributed by atoms with E-state index in [0.29, 0.717) is 19.1 Å². The average Bonchev–Trinajstić information content (AvgIpc) is 3.28. The molecule has 0 nitrogen and oxygen atoms in total. The Hall–Kier alpha value is -1.20. The molecule has 0 N–H and O–H groups in total. The van der Waals surface area contributed by atoms with E-state index in [1.165, 1.54) is 28.1 Å². The summed E-state index contributed by atoms with van der Waals surface area (Å²) in [5.41, 5.74) is 12.7. The zero-order valence-corrected chi connectivity index (χ0v) is 25.0. The van der Waals surface area contributed by atoms with Crippen LogP contribution in [0.25, 0.3) is 12.2 Å². The fourth-order valence-corrected chi connectivity index (χ4v) is 27.7. The number of fused-ring (bicyclic) bond motifs is 2. The third kappa shape index (κ3) is 3.91. The molecule has 2 aromatic rings. The van der Waals surface area contributed by atoms with Crippen molar-refractivity contribution in [1.29, 1.82) is 0 Å². The van der Waals surface area contributed by atoms with E-state index in [9.17, 15) is 0 Å². The molecule has 2 aromatic carbocycles. The molecule has 0 heterocycles. The number of unbranched alkanes of at least 4 members (excludes halogenated alkanes) is 1. The summed E-state index contributed by atoms with van der Waals surface area (Å²) < 4.78 is 8.35. The Morgan fingerprint density at radius 1 is 0.727 bits per heavy atom. The van der Waals surface area contributed by atoms with Crippen LogP contribution in [0.5, 0.6) is 0 Å². The van der Waals surface area contributed by atoms with Crippen molar-refractivity contribution in [3.05, 3.63) is 80.9 Å². The predicted octanol–water partition coefficient (Wildman–Crippen LogP) is 10.6. The first kappa shape index (κ1) is 24.9. The SMILES string of the molecule is CCC[CH2][Zr]([CH3])([CH3])([CH]1C(C)=Cc2c(C(C)C)cccc21)[CH]1C(C)=Cc2c(C(C)C)cccc21. The van der Waals surface area contributed by atoms with Gasteiger partial charge in [0, 0.05) is 0 Å². The van der Waals surface area contributed by atoms with Gasteiger partial charge in [-0.2, -0.15) is 0 Å². The molecule has 0 amide bonds. The molecule has 33 heavy (non-hydrogen) atoms. The summed E-state index contributed by atoms with van der Waals surface area (Å²) in [6, 6.07) is 14.4. The summed E-state index contributed by atoms with van der Waals surface area (Å²) in [4.78, 5) is 0. The van der Waals surface area contributed by atoms with Crippen molar-refractivity contribution in [2.75, 3.05) is 0 Å². The summed E-state index contributed by atoms with van der Waals surface area (Å²) in [7, 11) is 0. The van der Waals surface area contributed by atoms with Crippen LogP contribution < -0.4 is 0 Å². The first-order valence-electron chi connectivity index (χ1n) is 13.3. The van der Waals surface area contributed by atoms with Gasteiger partial charge < -0.3 is 0 Å². The monoisotopic (exact) mass is 519 g/mol. The molecule has 0 bridgehead atoms. The molecule has 2 aliphatic carbocycles. The van der Waals surface area contributed by atoms with Crippen LogP contribution in [0, 0.1) is 0 Å². The zero-order chi connectivity index (χ0) is 24.2. The van der Waals surface area contributed by atoms with Gasteiger partial charge in [-0.1, -0.05) is 0 Å². The Bertz CT molecular complexity index is 1040. The molecule has 1 heteroatoms. The van der Waals surface area contributed by atoms with Gasteiger partial charge in [0.15, 0.2) is 0 Å². The van der Waals surface area contributed by atoms with E-state index in [1.807, 2.05) is 0 Å². The van der Waals surface area contributed by atoms with Crippen molar-refractivity contribution in [2.45, 2.75) is 93.8 Å². The molecule has 4 rings (SSSR count). The predicted molar refractivity (Wildman–Crippen MR) is 145 cm³/mol. The fraction of sp³-hybridized carbons (Fsp3) is 0.500. The van der Waals surface area contributed by atoms with Crippen LogP contribution in [0.1, 0.15) is 114 Å². The first-order valence-corrected chi connectivity index (χ1v) is 22.8. The molecule has 2 aliphatic rings. The Morgan fingerprint density at radius 3 is 1.52 bits per heavy atom. The standard InChI is InChI=1S/2C13H15.C4H9.2CH3.Zr/c2*1-9(2)12-6-4-5-11-7-10(3)8-13(11)12;1-3-4-2;;;/h2*4-9H,1-3H3;1,3-4H2,2H3;2*1H3;. The second kappa shape index (κ2) is 8.79. The van der Waals surface area contributed by atoms with Crippen molar-refractivity contribution in [2.24, 2.45) is 0 Å². The quantitative estimate of drug-likeness (QED) is 0.340. The van der Waals surface area contributed by atoms with E-state index < -0.39 is 18.8 Å². The van der Waals surface area contributed by atoms with Crippen molar-refractivity contribution >= 4 is 12.2 Å². The molecule has 0 spiro atoms. The molecule has 2 atom stereocenters. The molecule has 0 radical (unpaired) electrons. The second-order valence-corrected chi connectivity index (χ2v) is 31.2. The molecule has 0 saturated heterocycles. The van der Waals surface area contributed by atoms with Crippen LogP contribution in [-0.2, 0) is 18.8 Å². The topological polar surface area (TPSA) is 0 Å². The molecule has 0 aliphatic heterocycles. The maximum absolute atomic E-state index is 3.49. The normalized spacial score (nSPS) is 21.0. The van der Waals surface area contributed by atoms with E-state index in [1.54, 1.807) is 33.4 Å². The van der Waals surface area contributed by atoms with Crippen LogP contribution in [0.2, 0.25) is 13.4 Å². The Kier molecular flexibility index (Phi) is 6.63. The van der Waals surface area contributed by atoms with E-state index in [-0.39, 0.29) is 0 Å². The van der Waals surface area contributed by atoms with E-state index in [0.717, 1.165) is 0 Å². The van der Waals surface area contributed by atoms with Crippen LogP contribution in [-0.4, -0.2) is 0 Å². The number of hydrogen-bond acceptors (Lipinski definition) is 0. The van der Waals surface area contributed by atoms with Crippen molar-refractivity contribution in [3.8, 4) is 0 Å². The summed E-state index contributed by atoms with van der Waals surface area (Å²) in [6.07, 6.45) is 7.78. The molecule has 177 valence electrons. The van der Waals surface area contributed by atoms with Gasteiger partial charge in [-0.05, 0) is 0 Å². The summed E-state index contributed by atoms with van der Waals surface area (Å²) >= 11 is -3.49. The summed E-state index contributed by atoms with van der Waals surface area (Å²) in [5, 5.41) is 0. The molecular weight excluding hydrogens is 476 g/mol. The Balaban J connectivity index is 1.96. The zero-order valence-electron chi connectivity index (χ0n) is 22.5. The molecule has 0 aromatic heterocycles. The van der Waals surface area contributed by atoms with Crippen molar-refractivity contribution < 1.29 is 18.8 Å². The van der Waals surface area contributed by atoms with Gasteiger partial charge in [0.05, 0.1) is 0 Å². The average molecular weight is 521 g/mol. The molecule has 0 saturated carbocycles. The third-order valence-electron chi connectivity index (χ3n) is 9.08. The van der Waals surface area contributed by atoms with Gasteiger partial charge in [-0.25, -0.2) is 0 Å². The Labute approximate surface area is 204 Å². The summed E-state index contributed by atoms with van der Waals surface area (Å²) in [6.45, 7) is 16.7. The fourth-order valence-electron chi connectivity index (χ4n) is 7.87.